The molecule has 0 radical (unpaired) electrons. The van der Waals surface area contributed by atoms with Crippen LogP contribution in [0.2, 0.25) is 0 Å². The van der Waals surface area contributed by atoms with Crippen molar-refractivity contribution in [3.8, 4) is 0 Å². The molecular formula is C12H12Cl2O4P2. The molecule has 2 rings (SSSR count). The van der Waals surface area contributed by atoms with Crippen molar-refractivity contribution in [3.63, 3.8) is 0 Å². The van der Waals surface area contributed by atoms with Crippen LogP contribution in [0.4, 0.5) is 0 Å². The van der Waals surface area contributed by atoms with Gasteiger partial charge >= 0.3 is 0 Å². The van der Waals surface area contributed by atoms with Crippen molar-refractivity contribution >= 4 is 37.9 Å². The second-order valence-corrected chi connectivity index (χ2v) is 6.99. The monoisotopic (exact) mass is 352 g/mol. The van der Waals surface area contributed by atoms with Gasteiger partial charge in [-0.3, -0.25) is 9.05 Å². The average Bonchev–Trinajstić information content (AvgIpc) is 2.38. The minimum absolute atomic E-state index is 0.388. The number of hydrogen-bond donors (Lipinski definition) is 2. The smallest absolute Gasteiger partial charge is 0.276 e. The molecule has 1 aromatic rings. The molecular weight excluding hydrogens is 341 g/mol. The van der Waals surface area contributed by atoms with E-state index in [-0.39, 0.29) is 5.92 Å². The van der Waals surface area contributed by atoms with E-state index >= 15 is 0 Å². The van der Waals surface area contributed by atoms with Crippen LogP contribution < -0.4 is 0 Å². The summed E-state index contributed by atoms with van der Waals surface area (Å²) in [6.07, 6.45) is 6.92. The average molecular weight is 353 g/mol. The molecule has 0 aliphatic heterocycles. The molecule has 8 heteroatoms. The van der Waals surface area contributed by atoms with Crippen molar-refractivity contribution in [2.45, 2.75) is 11.7 Å². The zero-order chi connectivity index (χ0) is 14.6. The highest BCUT2D eigenvalue weighted by atomic mass is 35.7. The summed E-state index contributed by atoms with van der Waals surface area (Å²) in [6.45, 7) is 0. The molecule has 0 amide bonds. The van der Waals surface area contributed by atoms with E-state index in [0.717, 1.165) is 5.56 Å². The molecule has 1 aromatic carbocycles. The van der Waals surface area contributed by atoms with Crippen LogP contribution in [0.5, 0.6) is 0 Å². The van der Waals surface area contributed by atoms with E-state index in [1.807, 2.05) is 42.5 Å². The molecule has 3 atom stereocenters. The summed E-state index contributed by atoms with van der Waals surface area (Å²) in [5.74, 6) is -1.82. The SMILES string of the molecule is OP(Cl)OC1(OP(O)Cl)C=CC=CC1c1ccccc1. The Morgan fingerprint density at radius 3 is 2.15 bits per heavy atom. The van der Waals surface area contributed by atoms with Crippen molar-refractivity contribution in [1.82, 2.24) is 0 Å². The molecule has 1 aliphatic carbocycles. The fourth-order valence-corrected chi connectivity index (χ4v) is 3.63. The van der Waals surface area contributed by atoms with Gasteiger partial charge in [-0.25, -0.2) is 0 Å². The molecule has 0 bridgehead atoms. The number of hydrogen-bond acceptors (Lipinski definition) is 4. The van der Waals surface area contributed by atoms with Gasteiger partial charge in [0.25, 0.3) is 15.5 Å². The van der Waals surface area contributed by atoms with Crippen molar-refractivity contribution in [1.29, 1.82) is 0 Å². The summed E-state index contributed by atoms with van der Waals surface area (Å²) < 4.78 is 10.7. The molecule has 3 unspecified atom stereocenters. The molecule has 0 spiro atoms. The highest BCUT2D eigenvalue weighted by Gasteiger charge is 2.44. The summed E-state index contributed by atoms with van der Waals surface area (Å²) in [5, 5.41) is 0. The van der Waals surface area contributed by atoms with Crippen LogP contribution in [-0.4, -0.2) is 15.6 Å². The van der Waals surface area contributed by atoms with Gasteiger partial charge in [0.2, 0.25) is 5.79 Å². The number of allylic oxidation sites excluding steroid dienone is 2. The molecule has 0 saturated carbocycles. The standard InChI is InChI=1S/C12H12Cl2O4P2/c13-19(15)17-12(18-20(14)16)9-5-4-8-11(12)10-6-2-1-3-7-10/h1-9,11,15-16H. The number of benzene rings is 1. The predicted molar refractivity (Wildman–Crippen MR) is 82.3 cm³/mol. The summed E-state index contributed by atoms with van der Waals surface area (Å²) >= 11 is 11.2. The van der Waals surface area contributed by atoms with Gasteiger partial charge in [-0.1, -0.05) is 48.6 Å². The molecule has 0 heterocycles. The first-order chi connectivity index (χ1) is 9.53. The zero-order valence-corrected chi connectivity index (χ0v) is 13.4. The Hall–Kier alpha value is -0.0200. The first-order valence-electron chi connectivity index (χ1n) is 5.62. The lowest BCUT2D eigenvalue weighted by molar-refractivity contribution is -0.0752. The molecule has 0 saturated heterocycles. The Labute approximate surface area is 129 Å². The quantitative estimate of drug-likeness (QED) is 0.603. The van der Waals surface area contributed by atoms with E-state index in [0.29, 0.717) is 0 Å². The molecule has 2 N–H and O–H groups in total. The van der Waals surface area contributed by atoms with Crippen LogP contribution in [0, 0.1) is 0 Å². The normalized spacial score (nSPS) is 28.3. The second-order valence-electron chi connectivity index (χ2n) is 3.99. The fourth-order valence-electron chi connectivity index (χ4n) is 2.03. The minimum Gasteiger partial charge on any atom is -0.338 e. The first-order valence-corrected chi connectivity index (χ1v) is 9.86. The molecule has 20 heavy (non-hydrogen) atoms. The largest absolute Gasteiger partial charge is 0.338 e. The van der Waals surface area contributed by atoms with E-state index in [1.54, 1.807) is 12.2 Å². The Bertz CT molecular complexity index is 483. The number of halogens is 2. The zero-order valence-electron chi connectivity index (χ0n) is 10.1. The maximum Gasteiger partial charge on any atom is 0.276 e. The van der Waals surface area contributed by atoms with Gasteiger partial charge in [0, 0.05) is 0 Å². The third-order valence-electron chi connectivity index (χ3n) is 2.77. The van der Waals surface area contributed by atoms with E-state index in [2.05, 4.69) is 0 Å². The summed E-state index contributed by atoms with van der Waals surface area (Å²) in [5.41, 5.74) is 0.884. The Balaban J connectivity index is 2.40. The molecule has 0 fully saturated rings. The van der Waals surface area contributed by atoms with Gasteiger partial charge in [0.05, 0.1) is 5.92 Å². The second kappa shape index (κ2) is 7.31. The third kappa shape index (κ3) is 4.00. The molecule has 108 valence electrons. The topological polar surface area (TPSA) is 58.9 Å². The van der Waals surface area contributed by atoms with Crippen LogP contribution in [0.15, 0.2) is 54.6 Å². The van der Waals surface area contributed by atoms with Crippen molar-refractivity contribution in [2.24, 2.45) is 0 Å². The van der Waals surface area contributed by atoms with E-state index in [4.69, 9.17) is 31.5 Å². The maximum absolute atomic E-state index is 9.40. The first kappa shape index (κ1) is 16.4. The van der Waals surface area contributed by atoms with E-state index in [1.165, 1.54) is 0 Å². The fraction of sp³-hybridized carbons (Fsp3) is 0.167. The summed E-state index contributed by atoms with van der Waals surface area (Å²) in [4.78, 5) is 18.8. The highest BCUT2D eigenvalue weighted by Crippen LogP contribution is 2.55. The van der Waals surface area contributed by atoms with E-state index < -0.39 is 21.2 Å². The van der Waals surface area contributed by atoms with Crippen LogP contribution in [0.3, 0.4) is 0 Å². The van der Waals surface area contributed by atoms with Gasteiger partial charge in [-0.05, 0) is 34.1 Å². The molecule has 1 aliphatic rings. The van der Waals surface area contributed by atoms with Crippen LogP contribution >= 0.6 is 37.9 Å². The maximum atomic E-state index is 9.40. The van der Waals surface area contributed by atoms with Crippen molar-refractivity contribution in [2.75, 3.05) is 0 Å². The summed E-state index contributed by atoms with van der Waals surface area (Å²) in [6, 6.07) is 9.40. The third-order valence-corrected chi connectivity index (χ3v) is 4.06. The van der Waals surface area contributed by atoms with Gasteiger partial charge in [0.15, 0.2) is 0 Å². The lowest BCUT2D eigenvalue weighted by Gasteiger charge is -2.37. The molecule has 4 nitrogen and oxygen atoms in total. The van der Waals surface area contributed by atoms with Crippen molar-refractivity contribution < 1.29 is 18.8 Å². The van der Waals surface area contributed by atoms with Gasteiger partial charge < -0.3 is 9.79 Å². The Morgan fingerprint density at radius 2 is 1.60 bits per heavy atom. The summed E-state index contributed by atoms with van der Waals surface area (Å²) in [7, 11) is -4.43. The highest BCUT2D eigenvalue weighted by molar-refractivity contribution is 7.75. The van der Waals surface area contributed by atoms with Crippen LogP contribution in [-0.2, 0) is 9.05 Å². The van der Waals surface area contributed by atoms with Gasteiger partial charge in [-0.15, -0.1) is 0 Å². The minimum atomic E-state index is -2.22. The Kier molecular flexibility index (Phi) is 5.97. The molecule has 0 aromatic heterocycles. The predicted octanol–water partition coefficient (Wildman–Crippen LogP) is 4.54. The van der Waals surface area contributed by atoms with Gasteiger partial charge in [-0.2, -0.15) is 0 Å². The van der Waals surface area contributed by atoms with E-state index in [9.17, 15) is 9.79 Å². The van der Waals surface area contributed by atoms with Gasteiger partial charge in [0.1, 0.15) is 0 Å². The van der Waals surface area contributed by atoms with Crippen LogP contribution in [0.1, 0.15) is 11.5 Å². The Morgan fingerprint density at radius 1 is 1.00 bits per heavy atom. The van der Waals surface area contributed by atoms with Crippen LogP contribution in [0.25, 0.3) is 0 Å². The lowest BCUT2D eigenvalue weighted by Crippen LogP contribution is -2.37. The lowest BCUT2D eigenvalue weighted by atomic mass is 9.87. The number of rotatable bonds is 5. The van der Waals surface area contributed by atoms with Crippen molar-refractivity contribution in [3.05, 3.63) is 60.2 Å².